The molecule has 0 bridgehead atoms. The van der Waals surface area contributed by atoms with Crippen LogP contribution in [0.5, 0.6) is 0 Å². The van der Waals surface area contributed by atoms with Crippen molar-refractivity contribution >= 4 is 58.4 Å². The largest absolute Gasteiger partial charge is 0.350 e. The van der Waals surface area contributed by atoms with Gasteiger partial charge in [0.15, 0.2) is 0 Å². The number of carbonyl (C=O) groups is 2. The topological polar surface area (TPSA) is 49.4 Å². The number of rotatable bonds is 10. The number of nitrogens with one attached hydrogen (secondary N) is 1. The first-order valence-corrected chi connectivity index (χ1v) is 14.2. The number of halogens is 3. The van der Waals surface area contributed by atoms with Crippen molar-refractivity contribution in [2.75, 3.05) is 5.75 Å². The Morgan fingerprint density at radius 1 is 0.865 bits per heavy atom. The molecule has 0 aliphatic heterocycles. The lowest BCUT2D eigenvalue weighted by molar-refractivity contribution is -0.140. The highest BCUT2D eigenvalue weighted by Gasteiger charge is 2.32. The van der Waals surface area contributed by atoms with Gasteiger partial charge in [0.25, 0.3) is 0 Å². The lowest BCUT2D eigenvalue weighted by atomic mass is 10.0. The van der Waals surface area contributed by atoms with E-state index >= 15 is 0 Å². The summed E-state index contributed by atoms with van der Waals surface area (Å²) in [6, 6.07) is 21.9. The van der Waals surface area contributed by atoms with Crippen molar-refractivity contribution in [2.24, 2.45) is 0 Å². The van der Waals surface area contributed by atoms with Crippen molar-refractivity contribution in [2.45, 2.75) is 51.1 Å². The quantitative estimate of drug-likeness (QED) is 0.272. The van der Waals surface area contributed by atoms with Crippen LogP contribution in [0, 0.1) is 0 Å². The van der Waals surface area contributed by atoms with Crippen LogP contribution in [0.1, 0.15) is 37.5 Å². The second-order valence-electron chi connectivity index (χ2n) is 9.84. The molecule has 2 amide bonds. The van der Waals surface area contributed by atoms with E-state index in [2.05, 4.69) is 5.32 Å². The van der Waals surface area contributed by atoms with Gasteiger partial charge in [-0.2, -0.15) is 0 Å². The molecule has 0 aliphatic rings. The minimum Gasteiger partial charge on any atom is -0.350 e. The number of thioether (sulfide) groups is 1. The van der Waals surface area contributed by atoms with E-state index in [1.807, 2.05) is 81.4 Å². The Morgan fingerprint density at radius 2 is 1.57 bits per heavy atom. The summed E-state index contributed by atoms with van der Waals surface area (Å²) < 4.78 is 0. The Morgan fingerprint density at radius 3 is 2.22 bits per heavy atom. The van der Waals surface area contributed by atoms with Gasteiger partial charge in [-0.1, -0.05) is 83.3 Å². The molecule has 0 saturated heterocycles. The van der Waals surface area contributed by atoms with Crippen molar-refractivity contribution in [3.05, 3.63) is 105 Å². The van der Waals surface area contributed by atoms with E-state index < -0.39 is 11.6 Å². The molecule has 1 unspecified atom stereocenters. The molecule has 4 nitrogen and oxygen atoms in total. The SMILES string of the molecule is CC(C)(C)NC(=O)C(Cc1ccccc1)N(Cc1ccc(Cl)c(Cl)c1)C(=O)CSCc1cccc(Cl)c1. The number of carbonyl (C=O) groups excluding carboxylic acids is 2. The molecular weight excluding hydrogens is 547 g/mol. The van der Waals surface area contributed by atoms with Crippen molar-refractivity contribution in [3.63, 3.8) is 0 Å². The van der Waals surface area contributed by atoms with Gasteiger partial charge in [0.05, 0.1) is 15.8 Å². The third-order valence-corrected chi connectivity index (χ3v) is 7.45. The molecule has 8 heteroatoms. The molecular formula is C29H31Cl3N2O2S. The zero-order chi connectivity index (χ0) is 27.0. The van der Waals surface area contributed by atoms with Crippen LogP contribution in [0.4, 0.5) is 0 Å². The maximum atomic E-state index is 13.7. The molecule has 3 aromatic rings. The van der Waals surface area contributed by atoms with Gasteiger partial charge in [-0.15, -0.1) is 11.8 Å². The minimum atomic E-state index is -0.713. The van der Waals surface area contributed by atoms with Crippen LogP contribution in [-0.2, 0) is 28.3 Å². The summed E-state index contributed by atoms with van der Waals surface area (Å²) in [6.07, 6.45) is 0.384. The van der Waals surface area contributed by atoms with Crippen molar-refractivity contribution in [1.29, 1.82) is 0 Å². The molecule has 0 radical (unpaired) electrons. The zero-order valence-electron chi connectivity index (χ0n) is 21.1. The number of hydrogen-bond donors (Lipinski definition) is 1. The second kappa shape index (κ2) is 13.6. The third-order valence-electron chi connectivity index (χ3n) is 5.49. The van der Waals surface area contributed by atoms with Gasteiger partial charge in [0.2, 0.25) is 11.8 Å². The highest BCUT2D eigenvalue weighted by molar-refractivity contribution is 7.99. The molecule has 0 heterocycles. The number of nitrogens with zero attached hydrogens (tertiary/aromatic N) is 1. The van der Waals surface area contributed by atoms with Crippen LogP contribution in [0.2, 0.25) is 15.1 Å². The Kier molecular flexibility index (Phi) is 10.8. The number of hydrogen-bond acceptors (Lipinski definition) is 3. The summed E-state index contributed by atoms with van der Waals surface area (Å²) in [5.41, 5.74) is 2.35. The van der Waals surface area contributed by atoms with E-state index in [0.717, 1.165) is 16.7 Å². The summed E-state index contributed by atoms with van der Waals surface area (Å²) in [5.74, 6) is 0.500. The Bertz CT molecular complexity index is 1220. The molecule has 37 heavy (non-hydrogen) atoms. The monoisotopic (exact) mass is 576 g/mol. The van der Waals surface area contributed by atoms with Gasteiger partial charge in [0.1, 0.15) is 6.04 Å². The summed E-state index contributed by atoms with van der Waals surface area (Å²) in [5, 5.41) is 4.57. The minimum absolute atomic E-state index is 0.136. The molecule has 196 valence electrons. The normalized spacial score (nSPS) is 12.2. The predicted octanol–water partition coefficient (Wildman–Crippen LogP) is 7.43. The van der Waals surface area contributed by atoms with Crippen LogP contribution >= 0.6 is 46.6 Å². The van der Waals surface area contributed by atoms with Crippen LogP contribution < -0.4 is 5.32 Å². The third kappa shape index (κ3) is 9.57. The molecule has 0 saturated carbocycles. The first-order valence-electron chi connectivity index (χ1n) is 11.9. The van der Waals surface area contributed by atoms with Crippen LogP contribution in [0.15, 0.2) is 72.8 Å². The van der Waals surface area contributed by atoms with E-state index in [-0.39, 0.29) is 24.1 Å². The molecule has 3 rings (SSSR count). The van der Waals surface area contributed by atoms with E-state index in [1.54, 1.807) is 17.0 Å². The maximum absolute atomic E-state index is 13.7. The Balaban J connectivity index is 1.89. The van der Waals surface area contributed by atoms with Crippen LogP contribution in [0.3, 0.4) is 0 Å². The molecule has 0 aliphatic carbocycles. The van der Waals surface area contributed by atoms with Crippen molar-refractivity contribution in [1.82, 2.24) is 10.2 Å². The summed E-state index contributed by atoms with van der Waals surface area (Å²) in [4.78, 5) is 28.9. The standard InChI is InChI=1S/C29H31Cl3N2O2S/c1-29(2,3)33-28(36)26(16-20-8-5-4-6-9-20)34(17-21-12-13-24(31)25(32)15-21)27(35)19-37-18-22-10-7-11-23(30)14-22/h4-15,26H,16-19H2,1-3H3,(H,33,36). The van der Waals surface area contributed by atoms with E-state index in [9.17, 15) is 9.59 Å². The molecule has 0 fully saturated rings. The first-order chi connectivity index (χ1) is 17.5. The van der Waals surface area contributed by atoms with Gasteiger partial charge in [-0.25, -0.2) is 0 Å². The Hall–Kier alpha value is -2.18. The maximum Gasteiger partial charge on any atom is 0.243 e. The van der Waals surface area contributed by atoms with Gasteiger partial charge >= 0.3 is 0 Å². The predicted molar refractivity (Wildman–Crippen MR) is 156 cm³/mol. The molecule has 1 atom stereocenters. The fourth-order valence-electron chi connectivity index (χ4n) is 3.81. The Labute approximate surface area is 238 Å². The average Bonchev–Trinajstić information content (AvgIpc) is 2.83. The number of benzene rings is 3. The first kappa shape index (κ1) is 29.4. The van der Waals surface area contributed by atoms with E-state index in [0.29, 0.717) is 27.2 Å². The van der Waals surface area contributed by atoms with Gasteiger partial charge in [0, 0.05) is 29.3 Å². The van der Waals surface area contributed by atoms with Crippen LogP contribution in [-0.4, -0.2) is 34.0 Å². The molecule has 1 N–H and O–H groups in total. The van der Waals surface area contributed by atoms with Crippen molar-refractivity contribution < 1.29 is 9.59 Å². The average molecular weight is 578 g/mol. The lowest BCUT2D eigenvalue weighted by Gasteiger charge is -2.34. The molecule has 0 spiro atoms. The van der Waals surface area contributed by atoms with Crippen molar-refractivity contribution in [3.8, 4) is 0 Å². The molecule has 3 aromatic carbocycles. The lowest BCUT2D eigenvalue weighted by Crippen LogP contribution is -2.54. The highest BCUT2D eigenvalue weighted by Crippen LogP contribution is 2.25. The smallest absolute Gasteiger partial charge is 0.243 e. The van der Waals surface area contributed by atoms with Crippen LogP contribution in [0.25, 0.3) is 0 Å². The fraction of sp³-hybridized carbons (Fsp3) is 0.310. The van der Waals surface area contributed by atoms with E-state index in [4.69, 9.17) is 34.8 Å². The van der Waals surface area contributed by atoms with E-state index in [1.165, 1.54) is 11.8 Å². The van der Waals surface area contributed by atoms with Gasteiger partial charge in [-0.05, 0) is 61.7 Å². The summed E-state index contributed by atoms with van der Waals surface area (Å²) >= 11 is 20.0. The summed E-state index contributed by atoms with van der Waals surface area (Å²) in [7, 11) is 0. The zero-order valence-corrected chi connectivity index (χ0v) is 24.2. The summed E-state index contributed by atoms with van der Waals surface area (Å²) in [6.45, 7) is 6.01. The highest BCUT2D eigenvalue weighted by atomic mass is 35.5. The fourth-order valence-corrected chi connectivity index (χ4v) is 5.20. The number of amides is 2. The second-order valence-corrected chi connectivity index (χ2v) is 12.1. The van der Waals surface area contributed by atoms with Gasteiger partial charge < -0.3 is 10.2 Å². The van der Waals surface area contributed by atoms with Gasteiger partial charge in [-0.3, -0.25) is 9.59 Å². The molecule has 0 aromatic heterocycles.